The Morgan fingerprint density at radius 2 is 1.95 bits per heavy atom. The lowest BCUT2D eigenvalue weighted by molar-refractivity contribution is 0.309. The zero-order chi connectivity index (χ0) is 15.1. The molecule has 1 N–H and O–H groups in total. The predicted molar refractivity (Wildman–Crippen MR) is 91.2 cm³/mol. The molecule has 0 aliphatic heterocycles. The molecule has 0 fully saturated rings. The Kier molecular flexibility index (Phi) is 6.27. The van der Waals surface area contributed by atoms with Crippen LogP contribution in [0.3, 0.4) is 0 Å². The molecule has 0 spiro atoms. The highest BCUT2D eigenvalue weighted by atomic mass is 32.1. The summed E-state index contributed by atoms with van der Waals surface area (Å²) < 4.78 is 5.93. The third-order valence-corrected chi connectivity index (χ3v) is 4.71. The van der Waals surface area contributed by atoms with E-state index < -0.39 is 0 Å². The van der Waals surface area contributed by atoms with Crippen LogP contribution in [-0.4, -0.2) is 6.54 Å². The van der Waals surface area contributed by atoms with Crippen LogP contribution in [0.4, 0.5) is 0 Å². The van der Waals surface area contributed by atoms with Crippen LogP contribution in [0.5, 0.6) is 5.75 Å². The van der Waals surface area contributed by atoms with Crippen LogP contribution in [0, 0.1) is 0 Å². The molecule has 2 rings (SSSR count). The van der Waals surface area contributed by atoms with E-state index in [0.717, 1.165) is 25.1 Å². The molecule has 0 aliphatic carbocycles. The Balaban J connectivity index is 1.94. The maximum absolute atomic E-state index is 5.93. The molecule has 2 nitrogen and oxygen atoms in total. The molecule has 1 heterocycles. The SMILES string of the molecule is CCCNC(C)c1cccc(OCc2ccc(CC)s2)c1. The predicted octanol–water partition coefficient (Wildman–Crippen LogP) is 4.95. The molecule has 114 valence electrons. The number of ether oxygens (including phenoxy) is 1. The van der Waals surface area contributed by atoms with Crippen LogP contribution in [0.25, 0.3) is 0 Å². The molecule has 0 amide bonds. The first-order valence-electron chi connectivity index (χ1n) is 7.76. The van der Waals surface area contributed by atoms with E-state index in [0.29, 0.717) is 12.6 Å². The average molecular weight is 303 g/mol. The Morgan fingerprint density at radius 3 is 2.67 bits per heavy atom. The van der Waals surface area contributed by atoms with Gasteiger partial charge in [-0.1, -0.05) is 26.0 Å². The van der Waals surface area contributed by atoms with Crippen LogP contribution in [0.15, 0.2) is 36.4 Å². The van der Waals surface area contributed by atoms with Crippen molar-refractivity contribution in [2.24, 2.45) is 0 Å². The molecule has 2 aromatic rings. The molecular formula is C18H25NOS. The Morgan fingerprint density at radius 1 is 1.14 bits per heavy atom. The summed E-state index contributed by atoms with van der Waals surface area (Å²) in [6.45, 7) is 8.27. The fraction of sp³-hybridized carbons (Fsp3) is 0.444. The van der Waals surface area contributed by atoms with Gasteiger partial charge in [0.25, 0.3) is 0 Å². The quantitative estimate of drug-likeness (QED) is 0.745. The second kappa shape index (κ2) is 8.20. The summed E-state index contributed by atoms with van der Waals surface area (Å²) in [6.07, 6.45) is 2.25. The number of hydrogen-bond donors (Lipinski definition) is 1. The number of rotatable bonds is 8. The van der Waals surface area contributed by atoms with Gasteiger partial charge in [-0.2, -0.15) is 0 Å². The molecule has 0 radical (unpaired) electrons. The van der Waals surface area contributed by atoms with E-state index >= 15 is 0 Å². The van der Waals surface area contributed by atoms with Crippen molar-refractivity contribution in [3.8, 4) is 5.75 Å². The molecule has 0 saturated carbocycles. The highest BCUT2D eigenvalue weighted by Crippen LogP contribution is 2.22. The lowest BCUT2D eigenvalue weighted by Crippen LogP contribution is -2.19. The van der Waals surface area contributed by atoms with Gasteiger partial charge in [-0.25, -0.2) is 0 Å². The van der Waals surface area contributed by atoms with Crippen molar-refractivity contribution in [3.05, 3.63) is 51.7 Å². The largest absolute Gasteiger partial charge is 0.488 e. The first kappa shape index (κ1) is 16.1. The van der Waals surface area contributed by atoms with Gasteiger partial charge in [0.15, 0.2) is 0 Å². The van der Waals surface area contributed by atoms with Gasteiger partial charge in [0.05, 0.1) is 0 Å². The average Bonchev–Trinajstić information content (AvgIpc) is 2.99. The molecule has 3 heteroatoms. The lowest BCUT2D eigenvalue weighted by atomic mass is 10.1. The summed E-state index contributed by atoms with van der Waals surface area (Å²) in [5.41, 5.74) is 1.28. The van der Waals surface area contributed by atoms with Crippen molar-refractivity contribution in [2.75, 3.05) is 6.54 Å². The monoisotopic (exact) mass is 303 g/mol. The smallest absolute Gasteiger partial charge is 0.122 e. The molecular weight excluding hydrogens is 278 g/mol. The molecule has 0 saturated heterocycles. The molecule has 0 bridgehead atoms. The van der Waals surface area contributed by atoms with Crippen molar-refractivity contribution in [1.29, 1.82) is 0 Å². The van der Waals surface area contributed by atoms with Crippen LogP contribution in [0.2, 0.25) is 0 Å². The molecule has 21 heavy (non-hydrogen) atoms. The zero-order valence-corrected chi connectivity index (χ0v) is 14.0. The van der Waals surface area contributed by atoms with Crippen molar-refractivity contribution in [3.63, 3.8) is 0 Å². The Hall–Kier alpha value is -1.32. The number of nitrogens with one attached hydrogen (secondary N) is 1. The van der Waals surface area contributed by atoms with E-state index in [1.54, 1.807) is 0 Å². The summed E-state index contributed by atoms with van der Waals surface area (Å²) >= 11 is 1.84. The minimum atomic E-state index is 0.363. The summed E-state index contributed by atoms with van der Waals surface area (Å²) in [5.74, 6) is 0.948. The molecule has 1 aromatic heterocycles. The van der Waals surface area contributed by atoms with E-state index in [2.05, 4.69) is 56.4 Å². The van der Waals surface area contributed by atoms with E-state index in [4.69, 9.17) is 4.74 Å². The van der Waals surface area contributed by atoms with Gasteiger partial charge in [-0.3, -0.25) is 0 Å². The second-order valence-corrected chi connectivity index (χ2v) is 6.51. The van der Waals surface area contributed by atoms with E-state index in [1.807, 2.05) is 17.4 Å². The minimum absolute atomic E-state index is 0.363. The zero-order valence-electron chi connectivity index (χ0n) is 13.2. The number of aryl methyl sites for hydroxylation is 1. The Labute approximate surface area is 132 Å². The van der Waals surface area contributed by atoms with Gasteiger partial charge in [-0.05, 0) is 56.1 Å². The fourth-order valence-electron chi connectivity index (χ4n) is 2.20. The van der Waals surface area contributed by atoms with Crippen molar-refractivity contribution < 1.29 is 4.74 Å². The number of thiophene rings is 1. The fourth-order valence-corrected chi connectivity index (χ4v) is 3.07. The normalized spacial score (nSPS) is 12.3. The Bertz CT molecular complexity index is 550. The van der Waals surface area contributed by atoms with Gasteiger partial charge < -0.3 is 10.1 Å². The molecule has 1 atom stereocenters. The first-order valence-corrected chi connectivity index (χ1v) is 8.58. The van der Waals surface area contributed by atoms with E-state index in [1.165, 1.54) is 15.3 Å². The maximum atomic E-state index is 5.93. The van der Waals surface area contributed by atoms with Crippen molar-refractivity contribution in [1.82, 2.24) is 5.32 Å². The number of benzene rings is 1. The van der Waals surface area contributed by atoms with Gasteiger partial charge in [0.2, 0.25) is 0 Å². The lowest BCUT2D eigenvalue weighted by Gasteiger charge is -2.15. The third kappa shape index (κ3) is 4.87. The van der Waals surface area contributed by atoms with Crippen molar-refractivity contribution in [2.45, 2.75) is 46.3 Å². The van der Waals surface area contributed by atoms with E-state index in [9.17, 15) is 0 Å². The first-order chi connectivity index (χ1) is 10.2. The van der Waals surface area contributed by atoms with Gasteiger partial charge in [-0.15, -0.1) is 11.3 Å². The second-order valence-electron chi connectivity index (χ2n) is 5.26. The summed E-state index contributed by atoms with van der Waals surface area (Å²) in [4.78, 5) is 2.70. The summed E-state index contributed by atoms with van der Waals surface area (Å²) in [5, 5.41) is 3.51. The topological polar surface area (TPSA) is 21.3 Å². The highest BCUT2D eigenvalue weighted by Gasteiger charge is 2.06. The molecule has 1 aromatic carbocycles. The molecule has 0 aliphatic rings. The van der Waals surface area contributed by atoms with Crippen LogP contribution in [-0.2, 0) is 13.0 Å². The standard InChI is InChI=1S/C18H25NOS/c1-4-11-19-14(3)15-7-6-8-16(12-15)20-13-18-10-9-17(5-2)21-18/h6-10,12,14,19H,4-5,11,13H2,1-3H3. The van der Waals surface area contributed by atoms with Gasteiger partial charge in [0, 0.05) is 15.8 Å². The summed E-state index contributed by atoms with van der Waals surface area (Å²) in [7, 11) is 0. The summed E-state index contributed by atoms with van der Waals surface area (Å²) in [6, 6.07) is 13.1. The van der Waals surface area contributed by atoms with Gasteiger partial charge >= 0.3 is 0 Å². The maximum Gasteiger partial charge on any atom is 0.122 e. The van der Waals surface area contributed by atoms with Crippen LogP contribution >= 0.6 is 11.3 Å². The number of hydrogen-bond acceptors (Lipinski definition) is 3. The highest BCUT2D eigenvalue weighted by molar-refractivity contribution is 7.11. The van der Waals surface area contributed by atoms with Crippen LogP contribution < -0.4 is 10.1 Å². The van der Waals surface area contributed by atoms with Gasteiger partial charge in [0.1, 0.15) is 12.4 Å². The molecule has 1 unspecified atom stereocenters. The minimum Gasteiger partial charge on any atom is -0.488 e. The van der Waals surface area contributed by atoms with Crippen molar-refractivity contribution >= 4 is 11.3 Å². The third-order valence-electron chi connectivity index (χ3n) is 3.51. The van der Waals surface area contributed by atoms with Crippen LogP contribution in [0.1, 0.15) is 48.6 Å². The van der Waals surface area contributed by atoms with E-state index in [-0.39, 0.29) is 0 Å².